The SMILES string of the molecule is Cc1nc(C)c(C(=O)NCC(C)(c2ccccc2)c2ccccc2)s1. The number of aryl methyl sites for hydroxylation is 2. The highest BCUT2D eigenvalue weighted by Crippen LogP contribution is 2.31. The summed E-state index contributed by atoms with van der Waals surface area (Å²) in [5, 5.41) is 4.04. The highest BCUT2D eigenvalue weighted by Gasteiger charge is 2.29. The largest absolute Gasteiger partial charge is 0.350 e. The Morgan fingerprint density at radius 3 is 1.96 bits per heavy atom. The molecule has 3 nitrogen and oxygen atoms in total. The first-order chi connectivity index (χ1) is 12.0. The molecular weight excluding hydrogens is 328 g/mol. The molecule has 3 aromatic rings. The summed E-state index contributed by atoms with van der Waals surface area (Å²) in [6.45, 7) is 6.50. The predicted molar refractivity (Wildman–Crippen MR) is 103 cm³/mol. The lowest BCUT2D eigenvalue weighted by atomic mass is 9.76. The Bertz CT molecular complexity index is 817. The fourth-order valence-corrected chi connectivity index (χ4v) is 3.90. The van der Waals surface area contributed by atoms with Crippen molar-refractivity contribution in [2.45, 2.75) is 26.2 Å². The van der Waals surface area contributed by atoms with E-state index in [1.165, 1.54) is 22.5 Å². The van der Waals surface area contributed by atoms with E-state index in [0.29, 0.717) is 11.4 Å². The highest BCUT2D eigenvalue weighted by molar-refractivity contribution is 7.13. The molecule has 0 fully saturated rings. The summed E-state index contributed by atoms with van der Waals surface area (Å²) in [5.41, 5.74) is 2.85. The Morgan fingerprint density at radius 1 is 1.00 bits per heavy atom. The summed E-state index contributed by atoms with van der Waals surface area (Å²) in [7, 11) is 0. The van der Waals surface area contributed by atoms with Crippen molar-refractivity contribution < 1.29 is 4.79 Å². The van der Waals surface area contributed by atoms with Crippen LogP contribution in [0.2, 0.25) is 0 Å². The van der Waals surface area contributed by atoms with Crippen LogP contribution in [0.3, 0.4) is 0 Å². The van der Waals surface area contributed by atoms with Gasteiger partial charge in [-0.2, -0.15) is 0 Å². The summed E-state index contributed by atoms with van der Waals surface area (Å²) in [6.07, 6.45) is 0. The lowest BCUT2D eigenvalue weighted by Crippen LogP contribution is -2.39. The molecule has 0 unspecified atom stereocenters. The maximum absolute atomic E-state index is 12.6. The van der Waals surface area contributed by atoms with E-state index in [1.54, 1.807) is 0 Å². The van der Waals surface area contributed by atoms with Crippen molar-refractivity contribution in [2.24, 2.45) is 0 Å². The van der Waals surface area contributed by atoms with Gasteiger partial charge in [-0.05, 0) is 31.9 Å². The molecular formula is C21H22N2OS. The Hall–Kier alpha value is -2.46. The standard InChI is InChI=1S/C21H22N2OS/c1-15-19(25-16(2)23-15)20(24)22-14-21(3,17-10-6-4-7-11-17)18-12-8-5-9-13-18/h4-13H,14H2,1-3H3,(H,22,24). The molecule has 0 atom stereocenters. The molecule has 0 spiro atoms. The molecule has 0 bridgehead atoms. The minimum Gasteiger partial charge on any atom is -0.350 e. The zero-order chi connectivity index (χ0) is 17.9. The van der Waals surface area contributed by atoms with Crippen LogP contribution >= 0.6 is 11.3 Å². The molecule has 2 aromatic carbocycles. The molecule has 1 N–H and O–H groups in total. The predicted octanol–water partition coefficient (Wildman–Crippen LogP) is 4.50. The monoisotopic (exact) mass is 350 g/mol. The fraction of sp³-hybridized carbons (Fsp3) is 0.238. The second-order valence-corrected chi connectivity index (χ2v) is 7.60. The first-order valence-electron chi connectivity index (χ1n) is 8.34. The topological polar surface area (TPSA) is 42.0 Å². The first-order valence-corrected chi connectivity index (χ1v) is 9.15. The number of hydrogen-bond donors (Lipinski definition) is 1. The number of nitrogens with one attached hydrogen (secondary N) is 1. The Kier molecular flexibility index (Phi) is 5.00. The van der Waals surface area contributed by atoms with Crippen molar-refractivity contribution in [2.75, 3.05) is 6.54 Å². The molecule has 1 heterocycles. The second-order valence-electron chi connectivity index (χ2n) is 6.39. The number of hydrogen-bond acceptors (Lipinski definition) is 3. The summed E-state index contributed by atoms with van der Waals surface area (Å²) >= 11 is 1.44. The van der Waals surface area contributed by atoms with Gasteiger partial charge in [-0.1, -0.05) is 60.7 Å². The molecule has 0 aliphatic heterocycles. The molecule has 25 heavy (non-hydrogen) atoms. The van der Waals surface area contributed by atoms with Crippen molar-refractivity contribution in [1.29, 1.82) is 0 Å². The van der Waals surface area contributed by atoms with Crippen LogP contribution in [0.1, 0.15) is 38.4 Å². The second kappa shape index (κ2) is 7.19. The van der Waals surface area contributed by atoms with Gasteiger partial charge in [-0.15, -0.1) is 11.3 Å². The average molecular weight is 350 g/mol. The minimum atomic E-state index is -0.300. The number of amides is 1. The van der Waals surface area contributed by atoms with E-state index in [-0.39, 0.29) is 11.3 Å². The van der Waals surface area contributed by atoms with Gasteiger partial charge in [0.05, 0.1) is 10.7 Å². The lowest BCUT2D eigenvalue weighted by Gasteiger charge is -2.31. The molecule has 0 aliphatic rings. The molecule has 0 saturated heterocycles. The number of rotatable bonds is 5. The van der Waals surface area contributed by atoms with E-state index >= 15 is 0 Å². The normalized spacial score (nSPS) is 11.3. The van der Waals surface area contributed by atoms with Crippen LogP contribution in [-0.4, -0.2) is 17.4 Å². The zero-order valence-electron chi connectivity index (χ0n) is 14.7. The smallest absolute Gasteiger partial charge is 0.263 e. The first kappa shape index (κ1) is 17.4. The average Bonchev–Trinajstić information content (AvgIpc) is 2.99. The van der Waals surface area contributed by atoms with Crippen molar-refractivity contribution in [1.82, 2.24) is 10.3 Å². The molecule has 1 amide bonds. The third-order valence-electron chi connectivity index (χ3n) is 4.53. The maximum atomic E-state index is 12.6. The molecule has 3 rings (SSSR count). The maximum Gasteiger partial charge on any atom is 0.263 e. The van der Waals surface area contributed by atoms with Crippen LogP contribution in [0.5, 0.6) is 0 Å². The van der Waals surface area contributed by atoms with Crippen LogP contribution in [0.15, 0.2) is 60.7 Å². The number of nitrogens with zero attached hydrogens (tertiary/aromatic N) is 1. The molecule has 0 radical (unpaired) electrons. The van der Waals surface area contributed by atoms with Gasteiger partial charge < -0.3 is 5.32 Å². The van der Waals surface area contributed by atoms with E-state index in [0.717, 1.165) is 10.7 Å². The van der Waals surface area contributed by atoms with Crippen molar-refractivity contribution in [3.63, 3.8) is 0 Å². The van der Waals surface area contributed by atoms with Gasteiger partial charge >= 0.3 is 0 Å². The van der Waals surface area contributed by atoms with Gasteiger partial charge in [-0.3, -0.25) is 4.79 Å². The number of thiazole rings is 1. The van der Waals surface area contributed by atoms with Crippen LogP contribution in [0, 0.1) is 13.8 Å². The van der Waals surface area contributed by atoms with E-state index in [2.05, 4.69) is 41.5 Å². The van der Waals surface area contributed by atoms with E-state index in [1.807, 2.05) is 50.2 Å². The quantitative estimate of drug-likeness (QED) is 0.736. The molecule has 1 aromatic heterocycles. The summed E-state index contributed by atoms with van der Waals surface area (Å²) < 4.78 is 0. The summed E-state index contributed by atoms with van der Waals surface area (Å²) in [4.78, 5) is 17.7. The molecule has 0 saturated carbocycles. The Balaban J connectivity index is 1.89. The van der Waals surface area contributed by atoms with Crippen LogP contribution < -0.4 is 5.32 Å². The van der Waals surface area contributed by atoms with Gasteiger partial charge in [0, 0.05) is 12.0 Å². The fourth-order valence-electron chi connectivity index (χ4n) is 3.06. The molecule has 0 aliphatic carbocycles. The lowest BCUT2D eigenvalue weighted by molar-refractivity contribution is 0.0950. The van der Waals surface area contributed by atoms with Crippen molar-refractivity contribution >= 4 is 17.2 Å². The third-order valence-corrected chi connectivity index (χ3v) is 5.61. The third kappa shape index (κ3) is 3.64. The van der Waals surface area contributed by atoms with Gasteiger partial charge in [-0.25, -0.2) is 4.98 Å². The van der Waals surface area contributed by atoms with Crippen molar-refractivity contribution in [3.05, 3.63) is 87.4 Å². The van der Waals surface area contributed by atoms with E-state index < -0.39 is 0 Å². The van der Waals surface area contributed by atoms with Crippen LogP contribution in [0.4, 0.5) is 0 Å². The van der Waals surface area contributed by atoms with E-state index in [9.17, 15) is 4.79 Å². The molecule has 128 valence electrons. The van der Waals surface area contributed by atoms with Crippen molar-refractivity contribution in [3.8, 4) is 0 Å². The number of aromatic nitrogens is 1. The van der Waals surface area contributed by atoms with Gasteiger partial charge in [0.15, 0.2) is 0 Å². The van der Waals surface area contributed by atoms with Gasteiger partial charge in [0.1, 0.15) is 4.88 Å². The zero-order valence-corrected chi connectivity index (χ0v) is 15.6. The van der Waals surface area contributed by atoms with Crippen LogP contribution in [0.25, 0.3) is 0 Å². The van der Waals surface area contributed by atoms with Crippen LogP contribution in [-0.2, 0) is 5.41 Å². The van der Waals surface area contributed by atoms with Gasteiger partial charge in [0.2, 0.25) is 0 Å². The Morgan fingerprint density at radius 2 is 1.52 bits per heavy atom. The number of benzene rings is 2. The van der Waals surface area contributed by atoms with Gasteiger partial charge in [0.25, 0.3) is 5.91 Å². The number of carbonyl (C=O) groups excluding carboxylic acids is 1. The summed E-state index contributed by atoms with van der Waals surface area (Å²) in [6, 6.07) is 20.6. The Labute approximate surface area is 152 Å². The van der Waals surface area contributed by atoms with E-state index in [4.69, 9.17) is 0 Å². The minimum absolute atomic E-state index is 0.0545. The summed E-state index contributed by atoms with van der Waals surface area (Å²) in [5.74, 6) is -0.0545. The molecule has 4 heteroatoms. The number of carbonyl (C=O) groups is 1. The highest BCUT2D eigenvalue weighted by atomic mass is 32.1.